The summed E-state index contributed by atoms with van der Waals surface area (Å²) in [6.07, 6.45) is 1.36. The molecule has 0 spiro atoms. The van der Waals surface area contributed by atoms with Gasteiger partial charge < -0.3 is 14.7 Å². The molecule has 3 rings (SSSR count). The number of carbonyl (C=O) groups is 2. The van der Waals surface area contributed by atoms with Crippen molar-refractivity contribution in [1.82, 2.24) is 10.5 Å². The molecule has 0 aliphatic carbocycles. The second-order valence-electron chi connectivity index (χ2n) is 6.73. The fraction of sp³-hybridized carbons (Fsp3) is 0.421. The minimum atomic E-state index is -0.221. The van der Waals surface area contributed by atoms with E-state index in [9.17, 15) is 9.59 Å². The molecule has 25 heavy (non-hydrogen) atoms. The first-order valence-electron chi connectivity index (χ1n) is 8.60. The van der Waals surface area contributed by atoms with Crippen LogP contribution in [-0.4, -0.2) is 23.5 Å². The minimum absolute atomic E-state index is 0.0645. The van der Waals surface area contributed by atoms with Crippen LogP contribution in [0.15, 0.2) is 28.8 Å². The van der Waals surface area contributed by atoms with Crippen LogP contribution in [0.2, 0.25) is 0 Å². The van der Waals surface area contributed by atoms with Crippen LogP contribution in [0, 0.1) is 6.92 Å². The molecule has 1 aromatic heterocycles. The number of hydrogen-bond acceptors (Lipinski definition) is 4. The molecule has 1 aromatic carbocycles. The van der Waals surface area contributed by atoms with E-state index in [1.165, 1.54) is 0 Å². The highest BCUT2D eigenvalue weighted by molar-refractivity contribution is 6.05. The SMILES string of the molecule is Cc1ccc(N2CCCC2=O)c(C(=O)NCc2cc(C(C)C)no2)c1. The van der Waals surface area contributed by atoms with Crippen LogP contribution in [0.1, 0.15) is 60.0 Å². The summed E-state index contributed by atoms with van der Waals surface area (Å²) < 4.78 is 5.25. The third-order valence-electron chi connectivity index (χ3n) is 4.35. The van der Waals surface area contributed by atoms with Crippen LogP contribution in [0.3, 0.4) is 0 Å². The van der Waals surface area contributed by atoms with Gasteiger partial charge in [-0.2, -0.15) is 0 Å². The van der Waals surface area contributed by atoms with Gasteiger partial charge in [-0.25, -0.2) is 0 Å². The van der Waals surface area contributed by atoms with Gasteiger partial charge in [0.1, 0.15) is 0 Å². The molecule has 2 amide bonds. The van der Waals surface area contributed by atoms with Crippen molar-refractivity contribution < 1.29 is 14.1 Å². The molecular formula is C19H23N3O3. The molecule has 0 saturated carbocycles. The highest BCUT2D eigenvalue weighted by atomic mass is 16.5. The highest BCUT2D eigenvalue weighted by Crippen LogP contribution is 2.26. The predicted octanol–water partition coefficient (Wildman–Crippen LogP) is 3.16. The van der Waals surface area contributed by atoms with Crippen molar-refractivity contribution in [3.05, 3.63) is 46.8 Å². The van der Waals surface area contributed by atoms with E-state index >= 15 is 0 Å². The summed E-state index contributed by atoms with van der Waals surface area (Å²) in [7, 11) is 0. The zero-order chi connectivity index (χ0) is 18.0. The summed E-state index contributed by atoms with van der Waals surface area (Å²) in [6.45, 7) is 6.91. The van der Waals surface area contributed by atoms with E-state index < -0.39 is 0 Å². The van der Waals surface area contributed by atoms with E-state index in [-0.39, 0.29) is 24.3 Å². The Hall–Kier alpha value is -2.63. The van der Waals surface area contributed by atoms with Gasteiger partial charge in [0.15, 0.2) is 5.76 Å². The first-order chi connectivity index (χ1) is 12.0. The fourth-order valence-electron chi connectivity index (χ4n) is 2.92. The summed E-state index contributed by atoms with van der Waals surface area (Å²) in [4.78, 5) is 26.4. The fourth-order valence-corrected chi connectivity index (χ4v) is 2.92. The normalized spacial score (nSPS) is 14.4. The Labute approximate surface area is 147 Å². The minimum Gasteiger partial charge on any atom is -0.359 e. The van der Waals surface area contributed by atoms with Crippen molar-refractivity contribution in [2.75, 3.05) is 11.4 Å². The van der Waals surface area contributed by atoms with Gasteiger partial charge in [-0.15, -0.1) is 0 Å². The van der Waals surface area contributed by atoms with Gasteiger partial charge in [-0.3, -0.25) is 9.59 Å². The van der Waals surface area contributed by atoms with Crippen LogP contribution in [-0.2, 0) is 11.3 Å². The van der Waals surface area contributed by atoms with Crippen molar-refractivity contribution in [1.29, 1.82) is 0 Å². The van der Waals surface area contributed by atoms with E-state index in [1.54, 1.807) is 4.90 Å². The third kappa shape index (κ3) is 3.73. The zero-order valence-corrected chi connectivity index (χ0v) is 14.8. The molecular weight excluding hydrogens is 318 g/mol. The number of nitrogens with zero attached hydrogens (tertiary/aromatic N) is 2. The largest absolute Gasteiger partial charge is 0.359 e. The van der Waals surface area contributed by atoms with Crippen LogP contribution in [0.5, 0.6) is 0 Å². The monoisotopic (exact) mass is 341 g/mol. The lowest BCUT2D eigenvalue weighted by Gasteiger charge is -2.19. The van der Waals surface area contributed by atoms with Gasteiger partial charge in [0.05, 0.1) is 23.5 Å². The number of amides is 2. The molecule has 6 heteroatoms. The molecule has 1 N–H and O–H groups in total. The number of hydrogen-bond donors (Lipinski definition) is 1. The number of anilines is 1. The van der Waals surface area contributed by atoms with E-state index in [4.69, 9.17) is 4.52 Å². The van der Waals surface area contributed by atoms with Crippen LogP contribution in [0.4, 0.5) is 5.69 Å². The van der Waals surface area contributed by atoms with Crippen molar-refractivity contribution in [3.8, 4) is 0 Å². The Balaban J connectivity index is 1.76. The molecule has 0 bridgehead atoms. The van der Waals surface area contributed by atoms with Crippen LogP contribution < -0.4 is 10.2 Å². The second-order valence-corrected chi connectivity index (χ2v) is 6.73. The Morgan fingerprint density at radius 2 is 2.16 bits per heavy atom. The predicted molar refractivity (Wildman–Crippen MR) is 94.5 cm³/mol. The zero-order valence-electron chi connectivity index (χ0n) is 14.8. The maximum absolute atomic E-state index is 12.7. The van der Waals surface area contributed by atoms with Gasteiger partial charge in [-0.05, 0) is 31.4 Å². The summed E-state index contributed by atoms with van der Waals surface area (Å²) in [5.74, 6) is 0.733. The number of rotatable bonds is 5. The summed E-state index contributed by atoms with van der Waals surface area (Å²) >= 11 is 0. The second kappa shape index (κ2) is 7.09. The van der Waals surface area contributed by atoms with E-state index in [2.05, 4.69) is 10.5 Å². The average Bonchev–Trinajstić information content (AvgIpc) is 3.21. The van der Waals surface area contributed by atoms with Crippen molar-refractivity contribution in [2.24, 2.45) is 0 Å². The number of carbonyl (C=O) groups excluding carboxylic acids is 2. The summed E-state index contributed by atoms with van der Waals surface area (Å²) in [6, 6.07) is 7.43. The highest BCUT2D eigenvalue weighted by Gasteiger charge is 2.26. The molecule has 0 atom stereocenters. The Kier molecular flexibility index (Phi) is 4.88. The van der Waals surface area contributed by atoms with Gasteiger partial charge in [0.25, 0.3) is 5.91 Å². The lowest BCUT2D eigenvalue weighted by molar-refractivity contribution is -0.117. The summed E-state index contributed by atoms with van der Waals surface area (Å²) in [5, 5.41) is 6.85. The lowest BCUT2D eigenvalue weighted by atomic mass is 10.1. The maximum Gasteiger partial charge on any atom is 0.253 e. The molecule has 2 heterocycles. The molecule has 2 aromatic rings. The molecule has 1 aliphatic rings. The molecule has 6 nitrogen and oxygen atoms in total. The van der Waals surface area contributed by atoms with Gasteiger partial charge >= 0.3 is 0 Å². The maximum atomic E-state index is 12.7. The average molecular weight is 341 g/mol. The van der Waals surface area contributed by atoms with E-state index in [1.807, 2.05) is 45.0 Å². The van der Waals surface area contributed by atoms with Crippen molar-refractivity contribution in [3.63, 3.8) is 0 Å². The van der Waals surface area contributed by atoms with Crippen LogP contribution in [0.25, 0.3) is 0 Å². The number of nitrogens with one attached hydrogen (secondary N) is 1. The number of aromatic nitrogens is 1. The summed E-state index contributed by atoms with van der Waals surface area (Å²) in [5.41, 5.74) is 3.02. The molecule has 132 valence electrons. The van der Waals surface area contributed by atoms with Crippen LogP contribution >= 0.6 is 0 Å². The van der Waals surface area contributed by atoms with Crippen molar-refractivity contribution in [2.45, 2.75) is 46.1 Å². The van der Waals surface area contributed by atoms with Gasteiger partial charge in [0, 0.05) is 19.0 Å². The number of benzene rings is 1. The topological polar surface area (TPSA) is 75.4 Å². The Morgan fingerprint density at radius 1 is 1.36 bits per heavy atom. The quantitative estimate of drug-likeness (QED) is 0.906. The lowest BCUT2D eigenvalue weighted by Crippen LogP contribution is -2.29. The third-order valence-corrected chi connectivity index (χ3v) is 4.35. The Morgan fingerprint density at radius 3 is 2.80 bits per heavy atom. The molecule has 1 fully saturated rings. The van der Waals surface area contributed by atoms with E-state index in [0.717, 1.165) is 17.7 Å². The molecule has 0 unspecified atom stereocenters. The number of aryl methyl sites for hydroxylation is 1. The van der Waals surface area contributed by atoms with Gasteiger partial charge in [0.2, 0.25) is 5.91 Å². The van der Waals surface area contributed by atoms with Gasteiger partial charge in [-0.1, -0.05) is 30.6 Å². The first-order valence-corrected chi connectivity index (χ1v) is 8.60. The smallest absolute Gasteiger partial charge is 0.253 e. The molecule has 1 saturated heterocycles. The molecule has 1 aliphatic heterocycles. The molecule has 0 radical (unpaired) electrons. The van der Waals surface area contributed by atoms with E-state index in [0.29, 0.717) is 30.0 Å². The standard InChI is InChI=1S/C19H23N3O3/c1-12(2)16-10-14(25-21-16)11-20-19(24)15-9-13(3)6-7-17(15)22-8-4-5-18(22)23/h6-7,9-10,12H,4-5,8,11H2,1-3H3,(H,20,24). The first kappa shape index (κ1) is 17.2. The Bertz CT molecular complexity index is 795. The van der Waals surface area contributed by atoms with Crippen molar-refractivity contribution >= 4 is 17.5 Å².